The second-order valence-electron chi connectivity index (χ2n) is 7.19. The molecule has 4 rings (SSSR count). The van der Waals surface area contributed by atoms with Gasteiger partial charge in [-0.15, -0.1) is 0 Å². The molecule has 0 N–H and O–H groups in total. The van der Waals surface area contributed by atoms with Crippen LogP contribution in [-0.2, 0) is 13.2 Å². The highest BCUT2D eigenvalue weighted by Gasteiger charge is 2.23. The van der Waals surface area contributed by atoms with Crippen molar-refractivity contribution in [2.75, 3.05) is 6.54 Å². The molecule has 27 heavy (non-hydrogen) atoms. The van der Waals surface area contributed by atoms with Crippen LogP contribution in [0.15, 0.2) is 79.1 Å². The fourth-order valence-electron chi connectivity index (χ4n) is 3.80. The van der Waals surface area contributed by atoms with Crippen molar-refractivity contribution in [3.05, 3.63) is 95.8 Å². The maximum Gasteiger partial charge on any atom is 0.119 e. The van der Waals surface area contributed by atoms with Gasteiger partial charge in [-0.2, -0.15) is 0 Å². The monoisotopic (exact) mass is 358 g/mol. The summed E-state index contributed by atoms with van der Waals surface area (Å²) >= 11 is 0. The van der Waals surface area contributed by atoms with Crippen molar-refractivity contribution in [3.8, 4) is 5.75 Å². The summed E-state index contributed by atoms with van der Waals surface area (Å²) in [7, 11) is 0. The molecule has 2 heterocycles. The van der Waals surface area contributed by atoms with Crippen molar-refractivity contribution in [2.45, 2.75) is 38.5 Å². The van der Waals surface area contributed by atoms with Crippen LogP contribution in [0.5, 0.6) is 5.75 Å². The second kappa shape index (κ2) is 8.83. The highest BCUT2D eigenvalue weighted by molar-refractivity contribution is 5.28. The lowest BCUT2D eigenvalue weighted by Gasteiger charge is -2.36. The number of nitrogens with zero attached hydrogens (tertiary/aromatic N) is 2. The molecule has 138 valence electrons. The first kappa shape index (κ1) is 17.7. The Bertz CT molecular complexity index is 818. The van der Waals surface area contributed by atoms with Gasteiger partial charge >= 0.3 is 0 Å². The zero-order valence-electron chi connectivity index (χ0n) is 15.6. The molecule has 1 aliphatic heterocycles. The molecular weight excluding hydrogens is 332 g/mol. The van der Waals surface area contributed by atoms with E-state index in [1.807, 2.05) is 36.7 Å². The van der Waals surface area contributed by atoms with Crippen molar-refractivity contribution in [1.29, 1.82) is 0 Å². The Balaban J connectivity index is 1.38. The maximum atomic E-state index is 5.91. The topological polar surface area (TPSA) is 25.4 Å². The summed E-state index contributed by atoms with van der Waals surface area (Å²) < 4.78 is 5.91. The van der Waals surface area contributed by atoms with Crippen LogP contribution in [0.3, 0.4) is 0 Å². The second-order valence-corrected chi connectivity index (χ2v) is 7.19. The molecule has 3 aromatic rings. The number of likely N-dealkylation sites (tertiary alicyclic amines) is 1. The number of ether oxygens (including phenoxy) is 1. The van der Waals surface area contributed by atoms with E-state index < -0.39 is 0 Å². The summed E-state index contributed by atoms with van der Waals surface area (Å²) in [5.74, 6) is 0.921. The minimum atomic E-state index is 0.474. The number of aromatic nitrogens is 1. The summed E-state index contributed by atoms with van der Waals surface area (Å²) in [6.45, 7) is 2.72. The SMILES string of the molecule is c1ccc(COc2ccc(CN3CCCC[C@H]3c3cccnc3)cc2)cc1. The van der Waals surface area contributed by atoms with E-state index in [-0.39, 0.29) is 0 Å². The van der Waals surface area contributed by atoms with Crippen molar-refractivity contribution >= 4 is 0 Å². The molecule has 0 aliphatic carbocycles. The molecule has 1 aliphatic rings. The zero-order valence-corrected chi connectivity index (χ0v) is 15.6. The average Bonchev–Trinajstić information content (AvgIpc) is 2.75. The third-order valence-corrected chi connectivity index (χ3v) is 5.24. The van der Waals surface area contributed by atoms with E-state index in [1.54, 1.807) is 0 Å². The van der Waals surface area contributed by atoms with Crippen molar-refractivity contribution < 1.29 is 4.74 Å². The van der Waals surface area contributed by atoms with E-state index >= 15 is 0 Å². The Morgan fingerprint density at radius 3 is 2.52 bits per heavy atom. The number of hydrogen-bond acceptors (Lipinski definition) is 3. The molecule has 0 spiro atoms. The van der Waals surface area contributed by atoms with Crippen LogP contribution >= 0.6 is 0 Å². The van der Waals surface area contributed by atoms with Crippen LogP contribution in [0.4, 0.5) is 0 Å². The number of benzene rings is 2. The molecule has 3 heteroatoms. The average molecular weight is 358 g/mol. The normalized spacial score (nSPS) is 17.6. The maximum absolute atomic E-state index is 5.91. The van der Waals surface area contributed by atoms with Gasteiger partial charge in [0.2, 0.25) is 0 Å². The molecule has 3 nitrogen and oxygen atoms in total. The number of rotatable bonds is 6. The van der Waals surface area contributed by atoms with Gasteiger partial charge < -0.3 is 4.74 Å². The Kier molecular flexibility index (Phi) is 5.80. The first-order valence-electron chi connectivity index (χ1n) is 9.78. The molecule has 1 fully saturated rings. The van der Waals surface area contributed by atoms with E-state index in [9.17, 15) is 0 Å². The lowest BCUT2D eigenvalue weighted by Crippen LogP contribution is -2.32. The van der Waals surface area contributed by atoms with Gasteiger partial charge in [0.25, 0.3) is 0 Å². The third kappa shape index (κ3) is 4.75. The summed E-state index contributed by atoms with van der Waals surface area (Å²) in [6, 6.07) is 23.5. The molecule has 1 saturated heterocycles. The van der Waals surface area contributed by atoms with Crippen LogP contribution in [-0.4, -0.2) is 16.4 Å². The smallest absolute Gasteiger partial charge is 0.119 e. The van der Waals surface area contributed by atoms with Crippen molar-refractivity contribution in [3.63, 3.8) is 0 Å². The summed E-state index contributed by atoms with van der Waals surface area (Å²) in [4.78, 5) is 6.90. The van der Waals surface area contributed by atoms with E-state index in [4.69, 9.17) is 4.74 Å². The van der Waals surface area contributed by atoms with Gasteiger partial charge in [-0.25, -0.2) is 0 Å². The van der Waals surface area contributed by atoms with Gasteiger partial charge in [-0.3, -0.25) is 9.88 Å². The fraction of sp³-hybridized carbons (Fsp3) is 0.292. The lowest BCUT2D eigenvalue weighted by molar-refractivity contribution is 0.140. The molecule has 1 aromatic heterocycles. The number of pyridine rings is 1. The fourth-order valence-corrected chi connectivity index (χ4v) is 3.80. The number of piperidine rings is 1. The quantitative estimate of drug-likeness (QED) is 0.591. The molecule has 0 amide bonds. The Morgan fingerprint density at radius 2 is 1.74 bits per heavy atom. The van der Waals surface area contributed by atoms with E-state index in [1.165, 1.54) is 36.0 Å². The standard InChI is InChI=1S/C24H26N2O/c1-2-7-21(8-3-1)19-27-23-13-11-20(12-14-23)18-26-16-5-4-10-24(26)22-9-6-15-25-17-22/h1-3,6-9,11-15,17,24H,4-5,10,16,18-19H2/t24-/m0/s1. The van der Waals surface area contributed by atoms with Gasteiger partial charge in [0.05, 0.1) is 0 Å². The zero-order chi connectivity index (χ0) is 18.3. The van der Waals surface area contributed by atoms with E-state index in [0.717, 1.165) is 18.8 Å². The number of hydrogen-bond donors (Lipinski definition) is 0. The molecule has 0 radical (unpaired) electrons. The Hall–Kier alpha value is -2.65. The van der Waals surface area contributed by atoms with Crippen LogP contribution in [0.2, 0.25) is 0 Å². The summed E-state index contributed by atoms with van der Waals surface area (Å²) in [5, 5.41) is 0. The van der Waals surface area contributed by atoms with Crippen LogP contribution in [0, 0.1) is 0 Å². The minimum absolute atomic E-state index is 0.474. The van der Waals surface area contributed by atoms with E-state index in [2.05, 4.69) is 52.3 Å². The summed E-state index contributed by atoms with van der Waals surface area (Å²) in [6.07, 6.45) is 7.65. The van der Waals surface area contributed by atoms with Crippen LogP contribution in [0.25, 0.3) is 0 Å². The first-order chi connectivity index (χ1) is 13.4. The Labute approximate surface area is 161 Å². The highest BCUT2D eigenvalue weighted by Crippen LogP contribution is 2.31. The third-order valence-electron chi connectivity index (χ3n) is 5.24. The predicted octanol–water partition coefficient (Wildman–Crippen LogP) is 5.39. The van der Waals surface area contributed by atoms with Gasteiger partial charge in [0.15, 0.2) is 0 Å². The predicted molar refractivity (Wildman–Crippen MR) is 108 cm³/mol. The van der Waals surface area contributed by atoms with Crippen LogP contribution < -0.4 is 4.74 Å². The molecule has 0 bridgehead atoms. The van der Waals surface area contributed by atoms with Crippen LogP contribution in [0.1, 0.15) is 42.0 Å². The van der Waals surface area contributed by atoms with Gasteiger partial charge in [-0.05, 0) is 54.3 Å². The van der Waals surface area contributed by atoms with Crippen molar-refractivity contribution in [2.24, 2.45) is 0 Å². The first-order valence-corrected chi connectivity index (χ1v) is 9.78. The molecular formula is C24H26N2O. The molecule has 1 atom stereocenters. The molecule has 2 aromatic carbocycles. The van der Waals surface area contributed by atoms with Gasteiger partial charge in [-0.1, -0.05) is 55.0 Å². The largest absolute Gasteiger partial charge is 0.489 e. The highest BCUT2D eigenvalue weighted by atomic mass is 16.5. The molecule has 0 saturated carbocycles. The Morgan fingerprint density at radius 1 is 0.889 bits per heavy atom. The lowest BCUT2D eigenvalue weighted by atomic mass is 9.96. The van der Waals surface area contributed by atoms with Gasteiger partial charge in [0, 0.05) is 25.0 Å². The summed E-state index contributed by atoms with van der Waals surface area (Å²) in [5.41, 5.74) is 3.85. The van der Waals surface area contributed by atoms with E-state index in [0.29, 0.717) is 12.6 Å². The minimum Gasteiger partial charge on any atom is -0.489 e. The molecule has 0 unspecified atom stereocenters. The van der Waals surface area contributed by atoms with Gasteiger partial charge in [0.1, 0.15) is 12.4 Å². The van der Waals surface area contributed by atoms with Crippen molar-refractivity contribution in [1.82, 2.24) is 9.88 Å².